The summed E-state index contributed by atoms with van der Waals surface area (Å²) in [6, 6.07) is 14.5. The van der Waals surface area contributed by atoms with Crippen molar-refractivity contribution in [1.29, 1.82) is 0 Å². The van der Waals surface area contributed by atoms with Gasteiger partial charge in [-0.2, -0.15) is 0 Å². The lowest BCUT2D eigenvalue weighted by Crippen LogP contribution is -2.47. The summed E-state index contributed by atoms with van der Waals surface area (Å²) in [5.74, 6) is 1.77. The second-order valence-corrected chi connectivity index (χ2v) is 5.68. The van der Waals surface area contributed by atoms with Crippen molar-refractivity contribution < 1.29 is 9.47 Å². The summed E-state index contributed by atoms with van der Waals surface area (Å²) in [5, 5.41) is 3.40. The molecule has 2 aromatic carbocycles. The molecule has 1 fully saturated rings. The van der Waals surface area contributed by atoms with Crippen LogP contribution in [-0.4, -0.2) is 38.2 Å². The Bertz CT molecular complexity index is 681. The maximum absolute atomic E-state index is 6.36. The second kappa shape index (κ2) is 5.63. The number of nitrogens with zero attached hydrogens (tertiary/aromatic N) is 1. The van der Waals surface area contributed by atoms with Crippen molar-refractivity contribution in [2.75, 3.05) is 33.3 Å². The van der Waals surface area contributed by atoms with Gasteiger partial charge in [0.2, 0.25) is 0 Å². The Hall–Kier alpha value is -2.04. The van der Waals surface area contributed by atoms with Gasteiger partial charge in [0.05, 0.1) is 12.7 Å². The summed E-state index contributed by atoms with van der Waals surface area (Å²) in [7, 11) is 1.71. The molecule has 0 amide bonds. The Balaban J connectivity index is 1.83. The molecular weight excluding hydrogens is 276 g/mol. The van der Waals surface area contributed by atoms with Crippen LogP contribution in [0, 0.1) is 0 Å². The van der Waals surface area contributed by atoms with E-state index >= 15 is 0 Å². The minimum Gasteiger partial charge on any atom is -0.496 e. The number of fused-ring (bicyclic) bond motifs is 3. The molecule has 4 nitrogen and oxygen atoms in total. The number of ether oxygens (including phenoxy) is 2. The van der Waals surface area contributed by atoms with Crippen LogP contribution < -0.4 is 14.8 Å². The van der Waals surface area contributed by atoms with E-state index < -0.39 is 0 Å². The van der Waals surface area contributed by atoms with Crippen LogP contribution in [0.25, 0.3) is 11.1 Å². The molecule has 0 spiro atoms. The number of benzene rings is 2. The third kappa shape index (κ3) is 2.16. The summed E-state index contributed by atoms with van der Waals surface area (Å²) < 4.78 is 11.9. The van der Waals surface area contributed by atoms with Crippen molar-refractivity contribution in [2.24, 2.45) is 0 Å². The first-order valence-electron chi connectivity index (χ1n) is 7.76. The number of methoxy groups -OCH3 is 1. The normalized spacial score (nSPS) is 20.7. The second-order valence-electron chi connectivity index (χ2n) is 5.68. The lowest BCUT2D eigenvalue weighted by atomic mass is 9.94. The molecule has 2 heterocycles. The highest BCUT2D eigenvalue weighted by Gasteiger charge is 2.32. The number of nitrogens with one attached hydrogen (secondary N) is 1. The average molecular weight is 296 g/mol. The van der Waals surface area contributed by atoms with Crippen LogP contribution in [0.4, 0.5) is 0 Å². The first-order chi connectivity index (χ1) is 10.9. The number of hydrogen-bond acceptors (Lipinski definition) is 4. The monoisotopic (exact) mass is 296 g/mol. The van der Waals surface area contributed by atoms with Gasteiger partial charge in [0, 0.05) is 31.7 Å². The zero-order valence-electron chi connectivity index (χ0n) is 12.7. The van der Waals surface area contributed by atoms with Crippen LogP contribution in [0.15, 0.2) is 42.5 Å². The third-order valence-electron chi connectivity index (χ3n) is 4.43. The predicted molar refractivity (Wildman–Crippen MR) is 86.2 cm³/mol. The van der Waals surface area contributed by atoms with Crippen LogP contribution in [0.5, 0.6) is 11.5 Å². The molecular formula is C18H20N2O2. The Morgan fingerprint density at radius 1 is 1.09 bits per heavy atom. The van der Waals surface area contributed by atoms with Crippen LogP contribution >= 0.6 is 0 Å². The van der Waals surface area contributed by atoms with E-state index in [4.69, 9.17) is 9.47 Å². The maximum Gasteiger partial charge on any atom is 0.179 e. The first kappa shape index (κ1) is 13.6. The van der Waals surface area contributed by atoms with E-state index in [1.54, 1.807) is 7.11 Å². The summed E-state index contributed by atoms with van der Waals surface area (Å²) in [6.45, 7) is 4.01. The number of piperazine rings is 1. The minimum absolute atomic E-state index is 0.0158. The SMILES string of the molecule is COc1cccc2c1-c1ccccc1C(N1CCNCC1)O2. The zero-order valence-corrected chi connectivity index (χ0v) is 12.7. The molecule has 4 rings (SSSR count). The van der Waals surface area contributed by atoms with Crippen molar-refractivity contribution in [1.82, 2.24) is 10.2 Å². The molecule has 2 aromatic rings. The summed E-state index contributed by atoms with van der Waals surface area (Å²) in [5.41, 5.74) is 3.50. The highest BCUT2D eigenvalue weighted by molar-refractivity contribution is 5.81. The molecule has 1 atom stereocenters. The van der Waals surface area contributed by atoms with Gasteiger partial charge in [0.25, 0.3) is 0 Å². The van der Waals surface area contributed by atoms with Gasteiger partial charge in [-0.3, -0.25) is 4.90 Å². The van der Waals surface area contributed by atoms with Gasteiger partial charge in [-0.1, -0.05) is 30.3 Å². The molecule has 1 N–H and O–H groups in total. The van der Waals surface area contributed by atoms with E-state index in [0.717, 1.165) is 43.2 Å². The molecule has 1 unspecified atom stereocenters. The fourth-order valence-corrected chi connectivity index (χ4v) is 3.36. The highest BCUT2D eigenvalue weighted by Crippen LogP contribution is 2.47. The summed E-state index contributed by atoms with van der Waals surface area (Å²) >= 11 is 0. The van der Waals surface area contributed by atoms with Crippen molar-refractivity contribution in [3.05, 3.63) is 48.0 Å². The van der Waals surface area contributed by atoms with Crippen molar-refractivity contribution in [3.8, 4) is 22.6 Å². The fraction of sp³-hybridized carbons (Fsp3) is 0.333. The topological polar surface area (TPSA) is 33.7 Å². The van der Waals surface area contributed by atoms with Crippen LogP contribution in [-0.2, 0) is 0 Å². The van der Waals surface area contributed by atoms with Crippen molar-refractivity contribution >= 4 is 0 Å². The van der Waals surface area contributed by atoms with Gasteiger partial charge >= 0.3 is 0 Å². The van der Waals surface area contributed by atoms with E-state index in [1.165, 1.54) is 11.1 Å². The van der Waals surface area contributed by atoms with Crippen LogP contribution in [0.2, 0.25) is 0 Å². The third-order valence-corrected chi connectivity index (χ3v) is 4.43. The molecule has 0 aliphatic carbocycles. The Kier molecular flexibility index (Phi) is 3.48. The van der Waals surface area contributed by atoms with Crippen LogP contribution in [0.3, 0.4) is 0 Å². The molecule has 2 aliphatic heterocycles. The first-order valence-corrected chi connectivity index (χ1v) is 7.76. The largest absolute Gasteiger partial charge is 0.496 e. The fourth-order valence-electron chi connectivity index (χ4n) is 3.36. The summed E-state index contributed by atoms with van der Waals surface area (Å²) in [6.07, 6.45) is -0.0158. The van der Waals surface area contributed by atoms with E-state index in [2.05, 4.69) is 34.5 Å². The number of rotatable bonds is 2. The van der Waals surface area contributed by atoms with Crippen LogP contribution in [0.1, 0.15) is 11.8 Å². The summed E-state index contributed by atoms with van der Waals surface area (Å²) in [4.78, 5) is 2.40. The Morgan fingerprint density at radius 2 is 1.91 bits per heavy atom. The smallest absolute Gasteiger partial charge is 0.179 e. The van der Waals surface area contributed by atoms with E-state index in [1.807, 2.05) is 18.2 Å². The molecule has 1 saturated heterocycles. The van der Waals surface area contributed by atoms with Gasteiger partial charge in [-0.05, 0) is 17.7 Å². The molecule has 0 bridgehead atoms. The number of hydrogen-bond donors (Lipinski definition) is 1. The van der Waals surface area contributed by atoms with E-state index in [0.29, 0.717) is 0 Å². The molecule has 22 heavy (non-hydrogen) atoms. The van der Waals surface area contributed by atoms with E-state index in [-0.39, 0.29) is 6.23 Å². The molecule has 0 aromatic heterocycles. The van der Waals surface area contributed by atoms with Crippen molar-refractivity contribution in [3.63, 3.8) is 0 Å². The molecule has 4 heteroatoms. The maximum atomic E-state index is 6.36. The zero-order chi connectivity index (χ0) is 14.9. The lowest BCUT2D eigenvalue weighted by Gasteiger charge is -2.38. The Morgan fingerprint density at radius 3 is 2.73 bits per heavy atom. The van der Waals surface area contributed by atoms with E-state index in [9.17, 15) is 0 Å². The molecule has 2 aliphatic rings. The minimum atomic E-state index is -0.0158. The van der Waals surface area contributed by atoms with Gasteiger partial charge in [0.15, 0.2) is 6.23 Å². The van der Waals surface area contributed by atoms with Gasteiger partial charge in [-0.15, -0.1) is 0 Å². The average Bonchev–Trinajstić information content (AvgIpc) is 2.61. The lowest BCUT2D eigenvalue weighted by molar-refractivity contribution is 0.0133. The van der Waals surface area contributed by atoms with Gasteiger partial charge in [0.1, 0.15) is 11.5 Å². The quantitative estimate of drug-likeness (QED) is 0.924. The predicted octanol–water partition coefficient (Wildman–Crippen LogP) is 2.66. The molecule has 0 saturated carbocycles. The Labute approximate surface area is 130 Å². The van der Waals surface area contributed by atoms with Crippen molar-refractivity contribution in [2.45, 2.75) is 6.23 Å². The standard InChI is InChI=1S/C18H20N2O2/c1-21-15-7-4-8-16-17(15)13-5-2-3-6-14(13)18(22-16)20-11-9-19-10-12-20/h2-8,18-19H,9-12H2,1H3. The van der Waals surface area contributed by atoms with Gasteiger partial charge in [-0.25, -0.2) is 0 Å². The highest BCUT2D eigenvalue weighted by atomic mass is 16.5. The molecule has 0 radical (unpaired) electrons. The molecule has 114 valence electrons. The van der Waals surface area contributed by atoms with Gasteiger partial charge < -0.3 is 14.8 Å².